The molecule has 0 atom stereocenters. The maximum atomic E-state index is 4.17. The molecule has 60 valence electrons. The third kappa shape index (κ3) is 1.31. The predicted octanol–water partition coefficient (Wildman–Crippen LogP) is 0.951. The molecule has 0 N–H and O–H groups in total. The van der Waals surface area contributed by atoms with Crippen LogP contribution in [-0.2, 0) is 0 Å². The molecule has 0 aliphatic heterocycles. The van der Waals surface area contributed by atoms with Crippen LogP contribution in [0, 0.1) is 0 Å². The van der Waals surface area contributed by atoms with E-state index in [1.165, 1.54) is 0 Å². The molecule has 0 amide bonds. The summed E-state index contributed by atoms with van der Waals surface area (Å²) in [7, 11) is 0. The summed E-state index contributed by atoms with van der Waals surface area (Å²) in [6.07, 6.45) is 1.55. The molecule has 4 nitrogen and oxygen atoms in total. The van der Waals surface area contributed by atoms with Crippen LogP contribution in [0.25, 0.3) is 5.69 Å². The van der Waals surface area contributed by atoms with Gasteiger partial charge in [-0.2, -0.15) is 0 Å². The topological polar surface area (TPSA) is 43.6 Å². The number of hydrogen-bond donors (Lipinski definition) is 1. The standard InChI is InChI=1S/C7H6N4S/c12-7-3-1-6(2-4-7)11-5-8-9-10-11/h1-5,12H. The molecule has 12 heavy (non-hydrogen) atoms. The van der Waals surface area contributed by atoms with E-state index in [2.05, 4.69) is 28.2 Å². The maximum Gasteiger partial charge on any atom is 0.143 e. The van der Waals surface area contributed by atoms with Crippen LogP contribution in [0.1, 0.15) is 0 Å². The number of nitrogens with zero attached hydrogens (tertiary/aromatic N) is 4. The fourth-order valence-corrected chi connectivity index (χ4v) is 1.03. The molecule has 5 heteroatoms. The summed E-state index contributed by atoms with van der Waals surface area (Å²) >= 11 is 4.17. The molecule has 0 radical (unpaired) electrons. The first-order chi connectivity index (χ1) is 5.86. The lowest BCUT2D eigenvalue weighted by molar-refractivity contribution is 0.788. The van der Waals surface area contributed by atoms with Crippen molar-refractivity contribution in [2.24, 2.45) is 0 Å². The molecule has 2 aromatic rings. The molecule has 2 rings (SSSR count). The number of aromatic nitrogens is 4. The Kier molecular flexibility index (Phi) is 1.79. The Hall–Kier alpha value is -1.36. The molecule has 0 saturated heterocycles. The highest BCUT2D eigenvalue weighted by Gasteiger charge is 1.95. The molecule has 1 aromatic carbocycles. The molecule has 1 aromatic heterocycles. The van der Waals surface area contributed by atoms with Crippen molar-refractivity contribution < 1.29 is 0 Å². The second-order valence-corrected chi connectivity index (χ2v) is 2.79. The second-order valence-electron chi connectivity index (χ2n) is 2.27. The summed E-state index contributed by atoms with van der Waals surface area (Å²) < 4.78 is 1.59. The highest BCUT2D eigenvalue weighted by molar-refractivity contribution is 7.80. The molecule has 0 spiro atoms. The van der Waals surface area contributed by atoms with Gasteiger partial charge < -0.3 is 0 Å². The smallest absolute Gasteiger partial charge is 0.143 e. The van der Waals surface area contributed by atoms with Gasteiger partial charge in [0.2, 0.25) is 0 Å². The van der Waals surface area contributed by atoms with Crippen molar-refractivity contribution in [3.8, 4) is 5.69 Å². The van der Waals surface area contributed by atoms with Gasteiger partial charge in [-0.15, -0.1) is 17.7 Å². The van der Waals surface area contributed by atoms with Crippen molar-refractivity contribution in [2.75, 3.05) is 0 Å². The van der Waals surface area contributed by atoms with Crippen LogP contribution in [0.3, 0.4) is 0 Å². The average Bonchev–Trinajstić information content (AvgIpc) is 2.58. The van der Waals surface area contributed by atoms with Gasteiger partial charge >= 0.3 is 0 Å². The molecule has 0 aliphatic rings. The minimum absolute atomic E-state index is 0.923. The molecule has 0 bridgehead atoms. The van der Waals surface area contributed by atoms with Gasteiger partial charge in [0.15, 0.2) is 0 Å². The summed E-state index contributed by atoms with van der Waals surface area (Å²) in [6, 6.07) is 7.58. The first-order valence-electron chi connectivity index (χ1n) is 3.38. The van der Waals surface area contributed by atoms with Gasteiger partial charge in [0.25, 0.3) is 0 Å². The molecule has 0 saturated carbocycles. The number of hydrogen-bond acceptors (Lipinski definition) is 4. The lowest BCUT2D eigenvalue weighted by Gasteiger charge is -1.97. The van der Waals surface area contributed by atoms with Gasteiger partial charge in [-0.3, -0.25) is 0 Å². The number of thiol groups is 1. The van der Waals surface area contributed by atoms with E-state index in [0.717, 1.165) is 10.6 Å². The van der Waals surface area contributed by atoms with Gasteiger partial charge in [0, 0.05) is 4.90 Å². The lowest BCUT2D eigenvalue weighted by Crippen LogP contribution is -1.93. The molecular weight excluding hydrogens is 172 g/mol. The highest BCUT2D eigenvalue weighted by Crippen LogP contribution is 2.09. The maximum absolute atomic E-state index is 4.17. The lowest BCUT2D eigenvalue weighted by atomic mass is 10.3. The summed E-state index contributed by atoms with van der Waals surface area (Å²) in [5, 5.41) is 10.8. The van der Waals surface area contributed by atoms with Crippen molar-refractivity contribution in [1.82, 2.24) is 20.2 Å². The number of rotatable bonds is 1. The fourth-order valence-electron chi connectivity index (χ4n) is 0.885. The van der Waals surface area contributed by atoms with Crippen molar-refractivity contribution in [3.63, 3.8) is 0 Å². The Morgan fingerprint density at radius 2 is 1.92 bits per heavy atom. The molecule has 0 fully saturated rings. The summed E-state index contributed by atoms with van der Waals surface area (Å²) in [5.74, 6) is 0. The third-order valence-electron chi connectivity index (χ3n) is 1.46. The predicted molar refractivity (Wildman–Crippen MR) is 46.4 cm³/mol. The molecular formula is C7H6N4S. The van der Waals surface area contributed by atoms with Gasteiger partial charge in [-0.05, 0) is 34.7 Å². The summed E-state index contributed by atoms with van der Waals surface area (Å²) in [5.41, 5.74) is 0.929. The third-order valence-corrected chi connectivity index (χ3v) is 1.76. The van der Waals surface area contributed by atoms with Crippen LogP contribution < -0.4 is 0 Å². The second kappa shape index (κ2) is 2.94. The molecule has 0 aliphatic carbocycles. The van der Waals surface area contributed by atoms with E-state index in [-0.39, 0.29) is 0 Å². The SMILES string of the molecule is Sc1ccc(-n2cnnn2)cc1. The zero-order valence-corrected chi connectivity index (χ0v) is 7.02. The van der Waals surface area contributed by atoms with E-state index < -0.39 is 0 Å². The van der Waals surface area contributed by atoms with Crippen molar-refractivity contribution in [2.45, 2.75) is 4.90 Å². The molecule has 1 heterocycles. The quantitative estimate of drug-likeness (QED) is 0.661. The van der Waals surface area contributed by atoms with E-state index in [9.17, 15) is 0 Å². The summed E-state index contributed by atoms with van der Waals surface area (Å²) in [6.45, 7) is 0. The summed E-state index contributed by atoms with van der Waals surface area (Å²) in [4.78, 5) is 0.923. The van der Waals surface area contributed by atoms with E-state index >= 15 is 0 Å². The highest BCUT2D eigenvalue weighted by atomic mass is 32.1. The van der Waals surface area contributed by atoms with Crippen LogP contribution >= 0.6 is 12.6 Å². The largest absolute Gasteiger partial charge is 0.201 e. The van der Waals surface area contributed by atoms with Crippen molar-refractivity contribution in [1.29, 1.82) is 0 Å². The zero-order chi connectivity index (χ0) is 8.39. The Balaban J connectivity index is 2.43. The first-order valence-corrected chi connectivity index (χ1v) is 3.83. The first kappa shape index (κ1) is 7.30. The van der Waals surface area contributed by atoms with E-state index in [1.54, 1.807) is 11.0 Å². The number of benzene rings is 1. The van der Waals surface area contributed by atoms with E-state index in [1.807, 2.05) is 24.3 Å². The Bertz CT molecular complexity index is 353. The van der Waals surface area contributed by atoms with Crippen LogP contribution in [0.15, 0.2) is 35.5 Å². The van der Waals surface area contributed by atoms with E-state index in [0.29, 0.717) is 0 Å². The average molecular weight is 178 g/mol. The van der Waals surface area contributed by atoms with E-state index in [4.69, 9.17) is 0 Å². The number of tetrazole rings is 1. The zero-order valence-electron chi connectivity index (χ0n) is 6.12. The van der Waals surface area contributed by atoms with Crippen LogP contribution in [0.4, 0.5) is 0 Å². The van der Waals surface area contributed by atoms with Gasteiger partial charge in [-0.25, -0.2) is 4.68 Å². The van der Waals surface area contributed by atoms with Gasteiger partial charge in [-0.1, -0.05) is 0 Å². The minimum Gasteiger partial charge on any atom is -0.201 e. The normalized spacial score (nSPS) is 10.1. The van der Waals surface area contributed by atoms with Crippen molar-refractivity contribution >= 4 is 12.6 Å². The Morgan fingerprint density at radius 3 is 2.50 bits per heavy atom. The monoisotopic (exact) mass is 178 g/mol. The van der Waals surface area contributed by atoms with Crippen LogP contribution in [-0.4, -0.2) is 20.2 Å². The van der Waals surface area contributed by atoms with Gasteiger partial charge in [0.1, 0.15) is 6.33 Å². The Labute approximate surface area is 74.6 Å². The van der Waals surface area contributed by atoms with Gasteiger partial charge in [0.05, 0.1) is 5.69 Å². The minimum atomic E-state index is 0.923. The van der Waals surface area contributed by atoms with Crippen LogP contribution in [0.2, 0.25) is 0 Å². The van der Waals surface area contributed by atoms with Crippen LogP contribution in [0.5, 0.6) is 0 Å². The van der Waals surface area contributed by atoms with Crippen molar-refractivity contribution in [3.05, 3.63) is 30.6 Å². The Morgan fingerprint density at radius 1 is 1.17 bits per heavy atom. The fraction of sp³-hybridized carbons (Fsp3) is 0. The molecule has 0 unspecified atom stereocenters.